The van der Waals surface area contributed by atoms with Gasteiger partial charge in [-0.3, -0.25) is 23.5 Å². The van der Waals surface area contributed by atoms with Crippen molar-refractivity contribution in [2.24, 2.45) is 19.5 Å². The van der Waals surface area contributed by atoms with Crippen LogP contribution in [0.25, 0.3) is 11.2 Å². The number of rotatable bonds is 4. The molecule has 9 nitrogen and oxygen atoms in total. The molecule has 0 aliphatic heterocycles. The van der Waals surface area contributed by atoms with E-state index >= 15 is 0 Å². The number of Topliss-reactive ketones (excluding diaryl/α,β-unsaturated/α-hetero) is 1. The van der Waals surface area contributed by atoms with Gasteiger partial charge in [-0.25, -0.2) is 9.78 Å². The third-order valence-electron chi connectivity index (χ3n) is 5.08. The van der Waals surface area contributed by atoms with Gasteiger partial charge in [0.2, 0.25) is 5.91 Å². The molecule has 3 rings (SSSR count). The quantitative estimate of drug-likeness (QED) is 0.660. The number of nitrogens with zero attached hydrogens (tertiary/aromatic N) is 4. The van der Waals surface area contributed by atoms with Gasteiger partial charge in [-0.15, -0.1) is 0 Å². The SMILES string of the molecule is C[C@H](C(=O)c1ccc(NC(=O)C(C)(C)C)cc1)n1cnc2c1c(=O)n(C)c(=O)n2C. The Morgan fingerprint density at radius 2 is 1.63 bits per heavy atom. The fraction of sp³-hybridized carbons (Fsp3) is 0.381. The number of nitrogens with one attached hydrogen (secondary N) is 1. The highest BCUT2D eigenvalue weighted by atomic mass is 16.2. The van der Waals surface area contributed by atoms with Crippen molar-refractivity contribution in [1.82, 2.24) is 18.7 Å². The second-order valence-electron chi connectivity index (χ2n) is 8.35. The Kier molecular flexibility index (Phi) is 5.23. The zero-order valence-corrected chi connectivity index (χ0v) is 17.9. The van der Waals surface area contributed by atoms with Gasteiger partial charge >= 0.3 is 5.69 Å². The van der Waals surface area contributed by atoms with Crippen molar-refractivity contribution >= 4 is 28.5 Å². The van der Waals surface area contributed by atoms with E-state index in [1.54, 1.807) is 31.2 Å². The Labute approximate surface area is 173 Å². The van der Waals surface area contributed by atoms with E-state index in [2.05, 4.69) is 10.3 Å². The molecule has 1 N–H and O–H groups in total. The fourth-order valence-electron chi connectivity index (χ4n) is 3.06. The highest BCUT2D eigenvalue weighted by Crippen LogP contribution is 2.21. The van der Waals surface area contributed by atoms with Crippen LogP contribution in [0.2, 0.25) is 0 Å². The molecule has 1 atom stereocenters. The third kappa shape index (κ3) is 3.58. The molecule has 0 bridgehead atoms. The topological polar surface area (TPSA) is 108 Å². The van der Waals surface area contributed by atoms with Gasteiger partial charge < -0.3 is 9.88 Å². The summed E-state index contributed by atoms with van der Waals surface area (Å²) in [6, 6.07) is 5.88. The highest BCUT2D eigenvalue weighted by molar-refractivity contribution is 6.00. The predicted molar refractivity (Wildman–Crippen MR) is 114 cm³/mol. The van der Waals surface area contributed by atoms with E-state index in [1.165, 1.54) is 29.6 Å². The van der Waals surface area contributed by atoms with E-state index in [1.807, 2.05) is 20.8 Å². The van der Waals surface area contributed by atoms with E-state index in [4.69, 9.17) is 0 Å². The minimum atomic E-state index is -0.713. The monoisotopic (exact) mass is 411 g/mol. The summed E-state index contributed by atoms with van der Waals surface area (Å²) in [6.45, 7) is 7.12. The normalized spacial score (nSPS) is 12.7. The molecule has 158 valence electrons. The Morgan fingerprint density at radius 1 is 1.03 bits per heavy atom. The number of benzene rings is 1. The van der Waals surface area contributed by atoms with Gasteiger partial charge in [0.25, 0.3) is 5.56 Å². The van der Waals surface area contributed by atoms with Crippen molar-refractivity contribution in [2.75, 3.05) is 5.32 Å². The number of fused-ring (bicyclic) bond motifs is 1. The zero-order chi connectivity index (χ0) is 22.4. The fourth-order valence-corrected chi connectivity index (χ4v) is 3.06. The Hall–Kier alpha value is -3.49. The van der Waals surface area contributed by atoms with Crippen molar-refractivity contribution in [3.63, 3.8) is 0 Å². The molecule has 0 aliphatic carbocycles. The maximum absolute atomic E-state index is 13.0. The van der Waals surface area contributed by atoms with Crippen LogP contribution in [0, 0.1) is 5.41 Å². The number of carbonyl (C=O) groups excluding carboxylic acids is 2. The van der Waals surface area contributed by atoms with Crippen LogP contribution in [0.15, 0.2) is 40.2 Å². The predicted octanol–water partition coefficient (Wildman–Crippen LogP) is 1.86. The van der Waals surface area contributed by atoms with Crippen molar-refractivity contribution < 1.29 is 9.59 Å². The molecule has 0 unspecified atom stereocenters. The van der Waals surface area contributed by atoms with Gasteiger partial charge in [0, 0.05) is 30.8 Å². The molecule has 0 radical (unpaired) electrons. The molecule has 3 aromatic rings. The van der Waals surface area contributed by atoms with Crippen LogP contribution < -0.4 is 16.6 Å². The molecule has 1 amide bonds. The van der Waals surface area contributed by atoms with Gasteiger partial charge in [-0.2, -0.15) is 0 Å². The molecule has 0 fully saturated rings. The largest absolute Gasteiger partial charge is 0.332 e. The summed E-state index contributed by atoms with van der Waals surface area (Å²) in [7, 11) is 2.91. The summed E-state index contributed by atoms with van der Waals surface area (Å²) in [6.07, 6.45) is 1.39. The number of imidazole rings is 1. The second kappa shape index (κ2) is 7.40. The third-order valence-corrected chi connectivity index (χ3v) is 5.08. The van der Waals surface area contributed by atoms with Crippen LogP contribution in [-0.2, 0) is 18.9 Å². The molecule has 2 heterocycles. The molecule has 0 saturated heterocycles. The Bertz CT molecular complexity index is 1260. The van der Waals surface area contributed by atoms with Crippen LogP contribution >= 0.6 is 0 Å². The molecule has 0 spiro atoms. The maximum atomic E-state index is 13.0. The van der Waals surface area contributed by atoms with E-state index in [-0.39, 0.29) is 22.9 Å². The average Bonchev–Trinajstić information content (AvgIpc) is 3.14. The highest BCUT2D eigenvalue weighted by Gasteiger charge is 2.24. The number of amides is 1. The van der Waals surface area contributed by atoms with Crippen molar-refractivity contribution in [1.29, 1.82) is 0 Å². The van der Waals surface area contributed by atoms with Gasteiger partial charge in [0.15, 0.2) is 16.9 Å². The summed E-state index contributed by atoms with van der Waals surface area (Å²) in [5.41, 5.74) is -0.0824. The lowest BCUT2D eigenvalue weighted by atomic mass is 9.95. The minimum absolute atomic E-state index is 0.124. The number of hydrogen-bond donors (Lipinski definition) is 1. The maximum Gasteiger partial charge on any atom is 0.332 e. The first kappa shape index (κ1) is 21.2. The van der Waals surface area contributed by atoms with E-state index in [0.717, 1.165) is 4.57 Å². The molecule has 9 heteroatoms. The van der Waals surface area contributed by atoms with Crippen molar-refractivity contribution in [3.8, 4) is 0 Å². The van der Waals surface area contributed by atoms with Crippen molar-refractivity contribution in [3.05, 3.63) is 57.0 Å². The van der Waals surface area contributed by atoms with Crippen LogP contribution in [-0.4, -0.2) is 30.4 Å². The number of hydrogen-bond acceptors (Lipinski definition) is 5. The first-order valence-electron chi connectivity index (χ1n) is 9.51. The minimum Gasteiger partial charge on any atom is -0.326 e. The molecule has 2 aromatic heterocycles. The average molecular weight is 411 g/mol. The first-order chi connectivity index (χ1) is 13.9. The van der Waals surface area contributed by atoms with E-state index in [0.29, 0.717) is 11.3 Å². The number of ketones is 1. The van der Waals surface area contributed by atoms with Crippen LogP contribution in [0.4, 0.5) is 5.69 Å². The van der Waals surface area contributed by atoms with Crippen LogP contribution in [0.1, 0.15) is 44.1 Å². The Balaban J connectivity index is 1.92. The number of anilines is 1. The zero-order valence-electron chi connectivity index (χ0n) is 17.9. The molecule has 30 heavy (non-hydrogen) atoms. The van der Waals surface area contributed by atoms with Crippen LogP contribution in [0.3, 0.4) is 0 Å². The smallest absolute Gasteiger partial charge is 0.326 e. The lowest BCUT2D eigenvalue weighted by Gasteiger charge is -2.18. The van der Waals surface area contributed by atoms with Gasteiger partial charge in [-0.1, -0.05) is 20.8 Å². The summed E-state index contributed by atoms with van der Waals surface area (Å²) in [5.74, 6) is -0.347. The lowest BCUT2D eigenvalue weighted by Crippen LogP contribution is -2.38. The van der Waals surface area contributed by atoms with Gasteiger partial charge in [0.05, 0.1) is 12.4 Å². The number of aryl methyl sites for hydroxylation is 1. The van der Waals surface area contributed by atoms with Crippen molar-refractivity contribution in [2.45, 2.75) is 33.7 Å². The van der Waals surface area contributed by atoms with Gasteiger partial charge in [-0.05, 0) is 31.2 Å². The molecular weight excluding hydrogens is 386 g/mol. The van der Waals surface area contributed by atoms with Crippen LogP contribution in [0.5, 0.6) is 0 Å². The standard InChI is InChI=1S/C21H25N5O4/c1-12(26-11-22-17-15(26)18(28)25(6)20(30)24(17)5)16(27)13-7-9-14(10-8-13)23-19(29)21(2,3)4/h7-12H,1-6H3,(H,23,29)/t12-/m1/s1. The van der Waals surface area contributed by atoms with E-state index in [9.17, 15) is 19.2 Å². The summed E-state index contributed by atoms with van der Waals surface area (Å²) in [4.78, 5) is 54.0. The lowest BCUT2D eigenvalue weighted by molar-refractivity contribution is -0.123. The summed E-state index contributed by atoms with van der Waals surface area (Å²) < 4.78 is 3.75. The molecular formula is C21H25N5O4. The van der Waals surface area contributed by atoms with E-state index < -0.39 is 22.7 Å². The summed E-state index contributed by atoms with van der Waals surface area (Å²) in [5, 5.41) is 2.81. The number of aromatic nitrogens is 4. The molecule has 0 saturated carbocycles. The summed E-state index contributed by atoms with van der Waals surface area (Å²) >= 11 is 0. The van der Waals surface area contributed by atoms with Gasteiger partial charge in [0.1, 0.15) is 0 Å². The second-order valence-corrected chi connectivity index (χ2v) is 8.35. The number of carbonyl (C=O) groups is 2. The first-order valence-corrected chi connectivity index (χ1v) is 9.51. The Morgan fingerprint density at radius 3 is 2.20 bits per heavy atom. The molecule has 1 aromatic carbocycles. The molecule has 0 aliphatic rings.